The average molecular weight is 509 g/mol. The van der Waals surface area contributed by atoms with Crippen molar-refractivity contribution in [3.8, 4) is 0 Å². The van der Waals surface area contributed by atoms with Gasteiger partial charge in [0, 0.05) is 18.7 Å². The first-order chi connectivity index (χ1) is 16.8. The summed E-state index contributed by atoms with van der Waals surface area (Å²) in [5.41, 5.74) is -2.24. The van der Waals surface area contributed by atoms with Crippen LogP contribution in [0.1, 0.15) is 99.8 Å². The van der Waals surface area contributed by atoms with Crippen molar-refractivity contribution in [2.75, 3.05) is 19.8 Å². The van der Waals surface area contributed by atoms with Crippen molar-refractivity contribution in [1.82, 2.24) is 10.2 Å². The number of hydrogen-bond acceptors (Lipinski definition) is 6. The molecule has 2 unspecified atom stereocenters. The fraction of sp³-hybridized carbons (Fsp3) is 0.893. The molecule has 0 aromatic rings. The van der Waals surface area contributed by atoms with E-state index >= 15 is 0 Å². The summed E-state index contributed by atoms with van der Waals surface area (Å²) in [5, 5.41) is 12.3. The normalized spacial score (nSPS) is 31.6. The number of ether oxygens (including phenoxy) is 2. The monoisotopic (exact) mass is 508 g/mol. The molecule has 2 amide bonds. The average Bonchev–Trinajstić information content (AvgIpc) is 3.35. The maximum Gasteiger partial charge on any atom is 0.312 e. The van der Waals surface area contributed by atoms with Gasteiger partial charge in [-0.25, -0.2) is 0 Å². The maximum absolute atomic E-state index is 14.0. The molecule has 3 rings (SSSR count). The molecular formula is C28H48N2O6. The van der Waals surface area contributed by atoms with E-state index in [0.29, 0.717) is 25.8 Å². The Kier molecular flexibility index (Phi) is 8.51. The lowest BCUT2D eigenvalue weighted by atomic mass is 9.65. The van der Waals surface area contributed by atoms with Crippen LogP contribution in [0, 0.1) is 17.3 Å². The lowest BCUT2D eigenvalue weighted by molar-refractivity contribution is -0.160. The molecule has 0 radical (unpaired) electrons. The summed E-state index contributed by atoms with van der Waals surface area (Å²) in [5.74, 6) is -2.16. The van der Waals surface area contributed by atoms with Gasteiger partial charge in [-0.2, -0.15) is 0 Å². The first kappa shape index (κ1) is 28.9. The van der Waals surface area contributed by atoms with E-state index < -0.39 is 40.6 Å². The van der Waals surface area contributed by atoms with Gasteiger partial charge < -0.3 is 24.8 Å². The van der Waals surface area contributed by atoms with Gasteiger partial charge in [-0.3, -0.25) is 14.4 Å². The second-order valence-corrected chi connectivity index (χ2v) is 12.9. The fourth-order valence-corrected chi connectivity index (χ4v) is 7.37. The van der Waals surface area contributed by atoms with Gasteiger partial charge in [-0.1, -0.05) is 40.5 Å². The minimum Gasteiger partial charge on any atom is -0.466 e. The topological polar surface area (TPSA) is 105 Å². The number of likely N-dealkylation sites (tertiary alicyclic amines) is 1. The summed E-state index contributed by atoms with van der Waals surface area (Å²) in [6, 6.07) is -0.778. The van der Waals surface area contributed by atoms with Gasteiger partial charge in [0.2, 0.25) is 11.8 Å². The third-order valence-electron chi connectivity index (χ3n) is 8.21. The third-order valence-corrected chi connectivity index (χ3v) is 8.21. The molecular weight excluding hydrogens is 460 g/mol. The maximum atomic E-state index is 14.0. The smallest absolute Gasteiger partial charge is 0.312 e. The quantitative estimate of drug-likeness (QED) is 0.308. The number of unbranched alkanes of at least 4 members (excludes halogenated alkanes) is 3. The number of carbonyl (C=O) groups is 3. The highest BCUT2D eigenvalue weighted by Crippen LogP contribution is 2.64. The molecule has 8 heteroatoms. The first-order valence-corrected chi connectivity index (χ1v) is 13.9. The van der Waals surface area contributed by atoms with Crippen LogP contribution in [-0.2, 0) is 23.9 Å². The Morgan fingerprint density at radius 1 is 1.11 bits per heavy atom. The summed E-state index contributed by atoms with van der Waals surface area (Å²) < 4.78 is 12.2. The van der Waals surface area contributed by atoms with Crippen molar-refractivity contribution in [2.24, 2.45) is 17.3 Å². The highest BCUT2D eigenvalue weighted by Gasteiger charge is 2.79. The standard InChI is InChI=1S/C28H48N2O6/c1-8-27-14-15-28(36-27)19(20(27)24(34)35-9-2)23(33)30(16-12-10-11-13-17-31)21(28)22(32)29-26(6,7)18-25(3,4)5/h19-21,31H,8-18H2,1-7H3,(H,29,32)/t19-,20+,21?,27-,28?/m0/s1. The number of aliphatic hydroxyl groups is 1. The van der Waals surface area contributed by atoms with Crippen LogP contribution in [0.15, 0.2) is 0 Å². The van der Waals surface area contributed by atoms with Crippen LogP contribution >= 0.6 is 0 Å². The number of carbonyl (C=O) groups excluding carboxylic acids is 3. The van der Waals surface area contributed by atoms with Gasteiger partial charge in [-0.05, 0) is 64.7 Å². The zero-order valence-electron chi connectivity index (χ0n) is 23.4. The van der Waals surface area contributed by atoms with Crippen LogP contribution in [0.3, 0.4) is 0 Å². The lowest BCUT2D eigenvalue weighted by Crippen LogP contribution is -2.59. The van der Waals surface area contributed by atoms with Crippen molar-refractivity contribution in [2.45, 2.75) is 123 Å². The molecule has 1 spiro atoms. The van der Waals surface area contributed by atoms with Crippen LogP contribution in [-0.4, -0.2) is 70.3 Å². The zero-order valence-corrected chi connectivity index (χ0v) is 23.4. The SMILES string of the molecule is CCOC(=O)[C@H]1[C@H]2C(=O)N(CCCCCCO)C(C(=O)NC(C)(C)CC(C)(C)C)C23CC[C@]1(CC)O3. The summed E-state index contributed by atoms with van der Waals surface area (Å²) in [7, 11) is 0. The number of rotatable bonds is 12. The van der Waals surface area contributed by atoms with Gasteiger partial charge >= 0.3 is 5.97 Å². The molecule has 0 aliphatic carbocycles. The second kappa shape index (κ2) is 10.6. The van der Waals surface area contributed by atoms with E-state index in [0.717, 1.165) is 32.1 Å². The molecule has 2 N–H and O–H groups in total. The van der Waals surface area contributed by atoms with Gasteiger partial charge in [0.25, 0.3) is 0 Å². The Bertz CT molecular complexity index is 836. The van der Waals surface area contributed by atoms with E-state index in [1.54, 1.807) is 11.8 Å². The fourth-order valence-electron chi connectivity index (χ4n) is 7.37. The minimum absolute atomic E-state index is 0.0130. The van der Waals surface area contributed by atoms with Crippen molar-refractivity contribution < 1.29 is 29.0 Å². The Labute approximate surface area is 216 Å². The van der Waals surface area contributed by atoms with Crippen LogP contribution in [0.4, 0.5) is 0 Å². The summed E-state index contributed by atoms with van der Waals surface area (Å²) in [6.07, 6.45) is 5.74. The number of nitrogens with one attached hydrogen (secondary N) is 1. The van der Waals surface area contributed by atoms with Crippen LogP contribution in [0.2, 0.25) is 0 Å². The molecule has 3 heterocycles. The molecule has 206 valence electrons. The molecule has 3 saturated heterocycles. The Morgan fingerprint density at radius 2 is 1.78 bits per heavy atom. The Balaban J connectivity index is 1.96. The lowest BCUT2D eigenvalue weighted by Gasteiger charge is -2.38. The van der Waals surface area contributed by atoms with E-state index in [4.69, 9.17) is 14.6 Å². The number of aliphatic hydroxyl groups excluding tert-OH is 1. The predicted octanol–water partition coefficient (Wildman–Crippen LogP) is 3.59. The Hall–Kier alpha value is -1.67. The van der Waals surface area contributed by atoms with Gasteiger partial charge in [-0.15, -0.1) is 0 Å². The first-order valence-electron chi connectivity index (χ1n) is 13.9. The van der Waals surface area contributed by atoms with Gasteiger partial charge in [0.05, 0.1) is 18.1 Å². The molecule has 3 aliphatic rings. The van der Waals surface area contributed by atoms with Crippen molar-refractivity contribution in [3.63, 3.8) is 0 Å². The summed E-state index contributed by atoms with van der Waals surface area (Å²) in [4.78, 5) is 42.9. The Morgan fingerprint density at radius 3 is 2.36 bits per heavy atom. The predicted molar refractivity (Wildman–Crippen MR) is 137 cm³/mol. The van der Waals surface area contributed by atoms with E-state index in [2.05, 4.69) is 26.1 Å². The van der Waals surface area contributed by atoms with E-state index in [-0.39, 0.29) is 30.4 Å². The molecule has 0 aromatic heterocycles. The number of fused-ring (bicyclic) bond motifs is 1. The highest BCUT2D eigenvalue weighted by molar-refractivity contribution is 5.98. The third kappa shape index (κ3) is 5.31. The number of esters is 1. The highest BCUT2D eigenvalue weighted by atomic mass is 16.6. The molecule has 8 nitrogen and oxygen atoms in total. The van der Waals surface area contributed by atoms with E-state index in [1.165, 1.54) is 0 Å². The molecule has 36 heavy (non-hydrogen) atoms. The van der Waals surface area contributed by atoms with Crippen molar-refractivity contribution in [3.05, 3.63) is 0 Å². The van der Waals surface area contributed by atoms with E-state index in [9.17, 15) is 14.4 Å². The second-order valence-electron chi connectivity index (χ2n) is 12.9. The van der Waals surface area contributed by atoms with Gasteiger partial charge in [0.1, 0.15) is 17.6 Å². The summed E-state index contributed by atoms with van der Waals surface area (Å²) in [6.45, 7) is 15.0. The summed E-state index contributed by atoms with van der Waals surface area (Å²) >= 11 is 0. The van der Waals surface area contributed by atoms with Crippen LogP contribution < -0.4 is 5.32 Å². The molecule has 3 aliphatic heterocycles. The molecule has 0 aromatic carbocycles. The van der Waals surface area contributed by atoms with E-state index in [1.807, 2.05) is 20.8 Å². The van der Waals surface area contributed by atoms with Crippen molar-refractivity contribution in [1.29, 1.82) is 0 Å². The van der Waals surface area contributed by atoms with Crippen LogP contribution in [0.25, 0.3) is 0 Å². The molecule has 2 bridgehead atoms. The minimum atomic E-state index is -1.02. The number of nitrogens with zero attached hydrogens (tertiary/aromatic N) is 1. The number of amides is 2. The van der Waals surface area contributed by atoms with Gasteiger partial charge in [0.15, 0.2) is 0 Å². The zero-order chi connectivity index (χ0) is 26.9. The molecule has 0 saturated carbocycles. The molecule has 5 atom stereocenters. The number of hydrogen-bond donors (Lipinski definition) is 2. The van der Waals surface area contributed by atoms with Crippen LogP contribution in [0.5, 0.6) is 0 Å². The van der Waals surface area contributed by atoms with Crippen molar-refractivity contribution >= 4 is 17.8 Å². The largest absolute Gasteiger partial charge is 0.466 e. The molecule has 3 fully saturated rings.